The number of esters is 1. The summed E-state index contributed by atoms with van der Waals surface area (Å²) in [5.41, 5.74) is 0. The van der Waals surface area contributed by atoms with Gasteiger partial charge in [0.2, 0.25) is 0 Å². The van der Waals surface area contributed by atoms with Crippen molar-refractivity contribution in [3.05, 3.63) is 97.2 Å². The molecule has 0 aromatic heterocycles. The van der Waals surface area contributed by atoms with Crippen molar-refractivity contribution >= 4 is 5.97 Å². The average molecular weight is 953 g/mol. The predicted octanol–water partition coefficient (Wildman–Crippen LogP) is 13.9. The number of ether oxygens (including phenoxy) is 4. The van der Waals surface area contributed by atoms with Gasteiger partial charge in [-0.25, -0.2) is 0 Å². The molecule has 4 N–H and O–H groups in total. The third-order valence-electron chi connectivity index (χ3n) is 12.0. The van der Waals surface area contributed by atoms with Gasteiger partial charge in [0.25, 0.3) is 0 Å². The SMILES string of the molecule is CC/C=C\C/C=C\C/C=C\C/C=C\C/C=C\CCCCCCCCCC(=O)OC(COCCCCCCCCC/C=C\C/C=C\C/C=C\CCCCCCC)COC1OC(CO)C(O)C(O)C1O. The molecule has 1 aliphatic heterocycles. The van der Waals surface area contributed by atoms with E-state index in [9.17, 15) is 25.2 Å². The Bertz CT molecular complexity index is 1360. The third-order valence-corrected chi connectivity index (χ3v) is 12.0. The van der Waals surface area contributed by atoms with Crippen molar-refractivity contribution in [1.29, 1.82) is 0 Å². The van der Waals surface area contributed by atoms with E-state index in [0.29, 0.717) is 13.0 Å². The molecule has 1 aliphatic rings. The Kier molecular flexibility index (Phi) is 45.6. The minimum Gasteiger partial charge on any atom is -0.457 e. The Balaban J connectivity index is 2.22. The van der Waals surface area contributed by atoms with Gasteiger partial charge in [0.15, 0.2) is 6.29 Å². The smallest absolute Gasteiger partial charge is 0.306 e. The van der Waals surface area contributed by atoms with Crippen LogP contribution in [0.4, 0.5) is 0 Å². The van der Waals surface area contributed by atoms with Gasteiger partial charge in [0.1, 0.15) is 30.5 Å². The number of hydrogen-bond donors (Lipinski definition) is 4. The van der Waals surface area contributed by atoms with E-state index in [4.69, 9.17) is 18.9 Å². The molecule has 0 radical (unpaired) electrons. The van der Waals surface area contributed by atoms with Crippen molar-refractivity contribution in [2.45, 2.75) is 243 Å². The van der Waals surface area contributed by atoms with Crippen molar-refractivity contribution in [1.82, 2.24) is 0 Å². The van der Waals surface area contributed by atoms with Gasteiger partial charge in [0, 0.05) is 13.0 Å². The standard InChI is InChI=1S/C59H100O9/c1-3-5-7-9-11-13-15-17-19-21-23-25-27-28-30-32-34-36-38-40-42-44-46-48-55(61)67-53(52-66-59-58(64)57(63)56(62)54(50-60)68-59)51-65-49-47-45-43-41-39-37-35-33-31-29-26-24-22-20-18-16-14-12-10-8-6-4-2/h5,7,11,13,16-19,22-25,28-31,53-54,56-60,62-64H,3-4,6,8-10,12,14-15,20-21,26-27,32-52H2,1-2H3/b7-5-,13-11-,18-16-,19-17-,24-22-,25-23-,30-28-,31-29-. The highest BCUT2D eigenvalue weighted by Crippen LogP contribution is 2.23. The molecule has 0 aliphatic carbocycles. The van der Waals surface area contributed by atoms with Crippen LogP contribution in [0.2, 0.25) is 0 Å². The zero-order valence-electron chi connectivity index (χ0n) is 43.1. The third kappa shape index (κ3) is 38.9. The summed E-state index contributed by atoms with van der Waals surface area (Å²) in [5, 5.41) is 40.3. The van der Waals surface area contributed by atoms with Gasteiger partial charge >= 0.3 is 5.97 Å². The Morgan fingerprint density at radius 2 is 0.897 bits per heavy atom. The van der Waals surface area contributed by atoms with Gasteiger partial charge in [-0.05, 0) is 96.3 Å². The fourth-order valence-corrected chi connectivity index (χ4v) is 7.76. The second-order valence-electron chi connectivity index (χ2n) is 18.3. The van der Waals surface area contributed by atoms with E-state index in [2.05, 4.69) is 111 Å². The van der Waals surface area contributed by atoms with E-state index in [-0.39, 0.29) is 19.2 Å². The van der Waals surface area contributed by atoms with Gasteiger partial charge in [-0.15, -0.1) is 0 Å². The maximum atomic E-state index is 12.9. The molecule has 0 spiro atoms. The number of allylic oxidation sites excluding steroid dienone is 16. The summed E-state index contributed by atoms with van der Waals surface area (Å²) in [6.07, 6.45) is 61.5. The van der Waals surface area contributed by atoms with E-state index in [0.717, 1.165) is 103 Å². The second kappa shape index (κ2) is 49.1. The van der Waals surface area contributed by atoms with Crippen molar-refractivity contribution in [2.24, 2.45) is 0 Å². The molecule has 9 nitrogen and oxygen atoms in total. The fourth-order valence-electron chi connectivity index (χ4n) is 7.76. The van der Waals surface area contributed by atoms with Crippen molar-refractivity contribution in [3.63, 3.8) is 0 Å². The zero-order valence-corrected chi connectivity index (χ0v) is 43.1. The molecule has 0 bridgehead atoms. The molecule has 0 aromatic carbocycles. The van der Waals surface area contributed by atoms with E-state index in [1.54, 1.807) is 0 Å². The van der Waals surface area contributed by atoms with E-state index in [1.165, 1.54) is 83.5 Å². The van der Waals surface area contributed by atoms with Crippen LogP contribution in [0.1, 0.15) is 206 Å². The summed E-state index contributed by atoms with van der Waals surface area (Å²) in [6.45, 7) is 4.40. The molecule has 68 heavy (non-hydrogen) atoms. The van der Waals surface area contributed by atoms with Crippen LogP contribution in [0.5, 0.6) is 0 Å². The van der Waals surface area contributed by atoms with Crippen LogP contribution in [0.15, 0.2) is 97.2 Å². The Labute approximate surface area is 415 Å². The van der Waals surface area contributed by atoms with E-state index in [1.807, 2.05) is 0 Å². The fraction of sp³-hybridized carbons (Fsp3) is 0.712. The first-order valence-electron chi connectivity index (χ1n) is 27.3. The van der Waals surface area contributed by atoms with Gasteiger partial charge in [0.05, 0.1) is 19.8 Å². The maximum Gasteiger partial charge on any atom is 0.306 e. The van der Waals surface area contributed by atoms with Crippen LogP contribution in [0.25, 0.3) is 0 Å². The molecule has 6 atom stereocenters. The van der Waals surface area contributed by atoms with Gasteiger partial charge < -0.3 is 39.4 Å². The Morgan fingerprint density at radius 1 is 0.485 bits per heavy atom. The molecule has 1 fully saturated rings. The number of rotatable bonds is 46. The second-order valence-corrected chi connectivity index (χ2v) is 18.3. The van der Waals surface area contributed by atoms with E-state index < -0.39 is 43.4 Å². The highest BCUT2D eigenvalue weighted by Gasteiger charge is 2.44. The number of carbonyl (C=O) groups is 1. The topological polar surface area (TPSA) is 135 Å². The molecule has 1 heterocycles. The summed E-state index contributed by atoms with van der Waals surface area (Å²) in [7, 11) is 0. The molecule has 9 heteroatoms. The highest BCUT2D eigenvalue weighted by atomic mass is 16.7. The molecule has 390 valence electrons. The largest absolute Gasteiger partial charge is 0.457 e. The molecule has 1 rings (SSSR count). The van der Waals surface area contributed by atoms with Gasteiger partial charge in [-0.2, -0.15) is 0 Å². The summed E-state index contributed by atoms with van der Waals surface area (Å²) < 4.78 is 22.9. The summed E-state index contributed by atoms with van der Waals surface area (Å²) >= 11 is 0. The van der Waals surface area contributed by atoms with Crippen molar-refractivity contribution in [2.75, 3.05) is 26.4 Å². The number of carbonyl (C=O) groups excluding carboxylic acids is 1. The Hall–Kier alpha value is -2.89. The highest BCUT2D eigenvalue weighted by molar-refractivity contribution is 5.69. The van der Waals surface area contributed by atoms with Crippen LogP contribution in [-0.4, -0.2) is 89.6 Å². The first kappa shape index (κ1) is 63.1. The Morgan fingerprint density at radius 3 is 1.35 bits per heavy atom. The number of aliphatic hydroxyl groups excluding tert-OH is 4. The van der Waals surface area contributed by atoms with Gasteiger partial charge in [-0.1, -0.05) is 201 Å². The number of unbranched alkanes of at least 4 members (excludes halogenated alkanes) is 19. The zero-order chi connectivity index (χ0) is 49.2. The first-order chi connectivity index (χ1) is 33.4. The minimum absolute atomic E-state index is 0.127. The summed E-state index contributed by atoms with van der Waals surface area (Å²) in [5.74, 6) is -0.331. The normalized spacial score (nSPS) is 19.9. The lowest BCUT2D eigenvalue weighted by Gasteiger charge is -2.39. The molecule has 0 aromatic rings. The lowest BCUT2D eigenvalue weighted by Crippen LogP contribution is -2.59. The minimum atomic E-state index is -1.55. The summed E-state index contributed by atoms with van der Waals surface area (Å²) in [6, 6.07) is 0. The average Bonchev–Trinajstić information content (AvgIpc) is 3.34. The van der Waals surface area contributed by atoms with Crippen LogP contribution in [0.3, 0.4) is 0 Å². The van der Waals surface area contributed by atoms with Crippen molar-refractivity contribution < 1.29 is 44.2 Å². The molecular weight excluding hydrogens is 853 g/mol. The van der Waals surface area contributed by atoms with Crippen LogP contribution < -0.4 is 0 Å². The van der Waals surface area contributed by atoms with Crippen LogP contribution in [-0.2, 0) is 23.7 Å². The molecule has 6 unspecified atom stereocenters. The molecule has 0 amide bonds. The van der Waals surface area contributed by atoms with Crippen LogP contribution in [0, 0.1) is 0 Å². The van der Waals surface area contributed by atoms with E-state index >= 15 is 0 Å². The summed E-state index contributed by atoms with van der Waals surface area (Å²) in [4.78, 5) is 12.9. The van der Waals surface area contributed by atoms with Crippen LogP contribution >= 0.6 is 0 Å². The first-order valence-corrected chi connectivity index (χ1v) is 27.3. The number of aliphatic hydroxyl groups is 4. The predicted molar refractivity (Wildman–Crippen MR) is 283 cm³/mol. The lowest BCUT2D eigenvalue weighted by atomic mass is 9.99. The van der Waals surface area contributed by atoms with Crippen molar-refractivity contribution in [3.8, 4) is 0 Å². The lowest BCUT2D eigenvalue weighted by molar-refractivity contribution is -0.305. The quantitative estimate of drug-likeness (QED) is 0.0267. The molecule has 1 saturated heterocycles. The molecular formula is C59H100O9. The monoisotopic (exact) mass is 953 g/mol. The number of hydrogen-bond acceptors (Lipinski definition) is 9. The van der Waals surface area contributed by atoms with Gasteiger partial charge in [-0.3, -0.25) is 4.79 Å². The maximum absolute atomic E-state index is 12.9. The molecule has 0 saturated carbocycles.